The highest BCUT2D eigenvalue weighted by atomic mass is 16.5. The average Bonchev–Trinajstić information content (AvgIpc) is 2.38. The molecule has 0 N–H and O–H groups in total. The minimum Gasteiger partial charge on any atom is -0.471 e. The molecule has 0 aliphatic carbocycles. The summed E-state index contributed by atoms with van der Waals surface area (Å²) in [6, 6.07) is 0. The molecule has 0 amide bonds. The van der Waals surface area contributed by atoms with E-state index in [1.807, 2.05) is 0 Å². The van der Waals surface area contributed by atoms with Gasteiger partial charge in [-0.2, -0.15) is 0 Å². The van der Waals surface area contributed by atoms with Crippen LogP contribution >= 0.6 is 0 Å². The number of ketones is 1. The summed E-state index contributed by atoms with van der Waals surface area (Å²) < 4.78 is 9.59. The van der Waals surface area contributed by atoms with Crippen LogP contribution in [-0.4, -0.2) is 24.5 Å². The summed E-state index contributed by atoms with van der Waals surface area (Å²) in [5, 5.41) is 0. The first kappa shape index (κ1) is 10.3. The molecular weight excluding hydrogens is 184 g/mol. The fourth-order valence-corrected chi connectivity index (χ4v) is 1.24. The number of methoxy groups -OCH3 is 1. The number of hydrogen-bond donors (Lipinski definition) is 0. The van der Waals surface area contributed by atoms with Crippen LogP contribution in [0.25, 0.3) is 0 Å². The summed E-state index contributed by atoms with van der Waals surface area (Å²) in [7, 11) is 1.20. The van der Waals surface area contributed by atoms with Crippen LogP contribution in [0.15, 0.2) is 11.3 Å². The highest BCUT2D eigenvalue weighted by Crippen LogP contribution is 2.30. The molecule has 1 heterocycles. The molecule has 14 heavy (non-hydrogen) atoms. The van der Waals surface area contributed by atoms with E-state index in [0.29, 0.717) is 0 Å². The molecule has 4 nitrogen and oxygen atoms in total. The maximum Gasteiger partial charge on any atom is 0.345 e. The van der Waals surface area contributed by atoms with E-state index in [9.17, 15) is 9.59 Å². The molecule has 74 valence electrons. The van der Waals surface area contributed by atoms with Crippen LogP contribution in [0.1, 0.15) is 13.8 Å². The Hall–Kier alpha value is -1.76. The van der Waals surface area contributed by atoms with Gasteiger partial charge in [0.05, 0.1) is 7.11 Å². The predicted molar refractivity (Wildman–Crippen MR) is 48.0 cm³/mol. The van der Waals surface area contributed by atoms with Gasteiger partial charge >= 0.3 is 5.97 Å². The van der Waals surface area contributed by atoms with Gasteiger partial charge in [-0.1, -0.05) is 5.92 Å². The summed E-state index contributed by atoms with van der Waals surface area (Å²) in [6.07, 6.45) is 5.15. The van der Waals surface area contributed by atoms with E-state index in [-0.39, 0.29) is 11.3 Å². The normalized spacial score (nSPS) is 25.7. The molecule has 0 radical (unpaired) electrons. The molecule has 4 heteroatoms. The van der Waals surface area contributed by atoms with E-state index < -0.39 is 17.4 Å². The Bertz CT molecular complexity index is 372. The third-order valence-corrected chi connectivity index (χ3v) is 2.03. The van der Waals surface area contributed by atoms with Crippen molar-refractivity contribution in [1.82, 2.24) is 0 Å². The van der Waals surface area contributed by atoms with Crippen molar-refractivity contribution in [3.63, 3.8) is 0 Å². The molecule has 0 aromatic heterocycles. The lowest BCUT2D eigenvalue weighted by molar-refractivity contribution is -0.138. The molecule has 1 aliphatic heterocycles. The molecule has 0 aromatic rings. The van der Waals surface area contributed by atoms with Gasteiger partial charge in [0, 0.05) is 0 Å². The number of hydrogen-bond acceptors (Lipinski definition) is 4. The quantitative estimate of drug-likeness (QED) is 0.345. The number of allylic oxidation sites excluding steroid dienone is 1. The monoisotopic (exact) mass is 194 g/mol. The van der Waals surface area contributed by atoms with Crippen molar-refractivity contribution in [1.29, 1.82) is 0 Å². The van der Waals surface area contributed by atoms with E-state index in [1.54, 1.807) is 0 Å². The Labute approximate surface area is 81.9 Å². The third kappa shape index (κ3) is 1.27. The summed E-state index contributed by atoms with van der Waals surface area (Å²) in [5.41, 5.74) is -1.47. The van der Waals surface area contributed by atoms with Crippen LogP contribution in [0, 0.1) is 12.3 Å². The second-order valence-electron chi connectivity index (χ2n) is 3.03. The lowest BCUT2D eigenvalue weighted by atomic mass is 9.98. The largest absolute Gasteiger partial charge is 0.471 e. The smallest absolute Gasteiger partial charge is 0.345 e. The maximum atomic E-state index is 11.6. The minimum absolute atomic E-state index is 0.104. The molecule has 0 fully saturated rings. The topological polar surface area (TPSA) is 52.6 Å². The van der Waals surface area contributed by atoms with Crippen molar-refractivity contribution in [3.05, 3.63) is 11.3 Å². The minimum atomic E-state index is -1.37. The van der Waals surface area contributed by atoms with E-state index >= 15 is 0 Å². The fourth-order valence-electron chi connectivity index (χ4n) is 1.24. The van der Waals surface area contributed by atoms with E-state index in [4.69, 9.17) is 11.2 Å². The Morgan fingerprint density at radius 3 is 2.57 bits per heavy atom. The van der Waals surface area contributed by atoms with Crippen molar-refractivity contribution >= 4 is 11.8 Å². The number of carbonyl (C=O) groups is 2. The summed E-state index contributed by atoms with van der Waals surface area (Å²) in [6.45, 7) is 2.95. The molecular formula is C10H10O4. The van der Waals surface area contributed by atoms with Gasteiger partial charge in [0.2, 0.25) is 11.4 Å². The molecule has 0 saturated heterocycles. The molecule has 0 saturated carbocycles. The Kier molecular flexibility index (Phi) is 2.35. The number of esters is 1. The third-order valence-electron chi connectivity index (χ3n) is 2.03. The SMILES string of the molecule is C#C[C@@]1(C)OC(C)=C(C(=O)OC)C1=O. The molecule has 1 rings (SSSR count). The molecule has 0 unspecified atom stereocenters. The Morgan fingerprint density at radius 1 is 1.64 bits per heavy atom. The zero-order chi connectivity index (χ0) is 10.9. The Balaban J connectivity index is 3.12. The second kappa shape index (κ2) is 3.18. The van der Waals surface area contributed by atoms with Crippen LogP contribution in [-0.2, 0) is 19.1 Å². The van der Waals surface area contributed by atoms with Gasteiger partial charge in [-0.05, 0) is 13.8 Å². The van der Waals surface area contributed by atoms with Crippen LogP contribution in [0.5, 0.6) is 0 Å². The standard InChI is InChI=1S/C10H10O4/c1-5-10(3)8(11)7(6(2)14-10)9(12)13-4/h1H,2-4H3/t10-/m1/s1. The second-order valence-corrected chi connectivity index (χ2v) is 3.03. The van der Waals surface area contributed by atoms with Gasteiger partial charge in [-0.3, -0.25) is 4.79 Å². The van der Waals surface area contributed by atoms with Gasteiger partial charge in [0.25, 0.3) is 0 Å². The van der Waals surface area contributed by atoms with Crippen LogP contribution < -0.4 is 0 Å². The summed E-state index contributed by atoms with van der Waals surface area (Å²) in [4.78, 5) is 22.8. The van der Waals surface area contributed by atoms with Crippen molar-refractivity contribution in [2.45, 2.75) is 19.4 Å². The number of Topliss-reactive ketones (excluding diaryl/α,β-unsaturated/α-hetero) is 1. The van der Waals surface area contributed by atoms with Crippen molar-refractivity contribution < 1.29 is 19.1 Å². The molecule has 1 atom stereocenters. The zero-order valence-corrected chi connectivity index (χ0v) is 8.21. The van der Waals surface area contributed by atoms with Gasteiger partial charge in [0.15, 0.2) is 0 Å². The first-order valence-corrected chi connectivity index (χ1v) is 3.97. The summed E-state index contributed by atoms with van der Waals surface area (Å²) >= 11 is 0. The van der Waals surface area contributed by atoms with Crippen LogP contribution in [0.2, 0.25) is 0 Å². The zero-order valence-electron chi connectivity index (χ0n) is 8.21. The summed E-state index contributed by atoms with van der Waals surface area (Å²) in [5.74, 6) is 1.18. The number of rotatable bonds is 1. The average molecular weight is 194 g/mol. The first-order valence-electron chi connectivity index (χ1n) is 3.97. The highest BCUT2D eigenvalue weighted by molar-refractivity contribution is 6.23. The van der Waals surface area contributed by atoms with Gasteiger partial charge in [0.1, 0.15) is 11.3 Å². The van der Waals surface area contributed by atoms with Gasteiger partial charge in [-0.15, -0.1) is 6.42 Å². The van der Waals surface area contributed by atoms with E-state index in [1.165, 1.54) is 21.0 Å². The molecule has 0 bridgehead atoms. The van der Waals surface area contributed by atoms with Crippen LogP contribution in [0.3, 0.4) is 0 Å². The number of terminal acetylenes is 1. The number of carbonyl (C=O) groups excluding carboxylic acids is 2. The molecule has 0 spiro atoms. The fraction of sp³-hybridized carbons (Fsp3) is 0.400. The van der Waals surface area contributed by atoms with Crippen LogP contribution in [0.4, 0.5) is 0 Å². The van der Waals surface area contributed by atoms with Crippen molar-refractivity contribution in [2.24, 2.45) is 0 Å². The number of ether oxygens (including phenoxy) is 2. The van der Waals surface area contributed by atoms with Crippen molar-refractivity contribution in [2.75, 3.05) is 7.11 Å². The van der Waals surface area contributed by atoms with Gasteiger partial charge < -0.3 is 9.47 Å². The molecule has 1 aliphatic rings. The first-order chi connectivity index (χ1) is 6.46. The highest BCUT2D eigenvalue weighted by Gasteiger charge is 2.46. The van der Waals surface area contributed by atoms with Gasteiger partial charge in [-0.25, -0.2) is 4.79 Å². The molecule has 0 aromatic carbocycles. The lowest BCUT2D eigenvalue weighted by Gasteiger charge is -2.15. The van der Waals surface area contributed by atoms with E-state index in [2.05, 4.69) is 10.7 Å². The predicted octanol–water partition coefficient (Wildman–Crippen LogP) is 0.425. The van der Waals surface area contributed by atoms with E-state index in [0.717, 1.165) is 0 Å². The van der Waals surface area contributed by atoms with Crippen molar-refractivity contribution in [3.8, 4) is 12.3 Å². The Morgan fingerprint density at radius 2 is 2.21 bits per heavy atom. The maximum absolute atomic E-state index is 11.6. The lowest BCUT2D eigenvalue weighted by Crippen LogP contribution is -2.33.